The van der Waals surface area contributed by atoms with Crippen LogP contribution in [0.1, 0.15) is 26.3 Å². The van der Waals surface area contributed by atoms with Crippen LogP contribution < -0.4 is 9.47 Å². The van der Waals surface area contributed by atoms with Gasteiger partial charge in [0.05, 0.1) is 16.6 Å². The third-order valence-electron chi connectivity index (χ3n) is 3.89. The number of hydrogen-bond acceptors (Lipinski definition) is 10. The normalized spacial score (nSPS) is 9.97. The number of nitro benzene ring substituents is 1. The van der Waals surface area contributed by atoms with Gasteiger partial charge in [-0.25, -0.2) is 14.4 Å². The van der Waals surface area contributed by atoms with E-state index in [1.165, 1.54) is 26.8 Å². The summed E-state index contributed by atoms with van der Waals surface area (Å²) in [5.41, 5.74) is 0.199. The minimum Gasteiger partial charge on any atom is -0.486 e. The van der Waals surface area contributed by atoms with Crippen molar-refractivity contribution in [2.75, 3.05) is 26.4 Å². The lowest BCUT2D eigenvalue weighted by atomic mass is 10.1. The van der Waals surface area contributed by atoms with Crippen molar-refractivity contribution in [3.05, 3.63) is 64.3 Å². The average molecular weight is 477 g/mol. The number of rotatable bonds is 14. The largest absolute Gasteiger partial charge is 0.486 e. The molecule has 0 spiro atoms. The SMILES string of the molecule is C=C(C)C(=O)OCCOc1cc(COC(=O)C(=C)C)c([N+](=O)[O-])cc1OCCOC(=O)C(=C)C. The van der Waals surface area contributed by atoms with Crippen molar-refractivity contribution in [3.8, 4) is 11.5 Å². The molecule has 184 valence electrons. The molecule has 0 heterocycles. The molecule has 0 unspecified atom stereocenters. The van der Waals surface area contributed by atoms with Crippen molar-refractivity contribution in [1.82, 2.24) is 0 Å². The third kappa shape index (κ3) is 9.15. The Kier molecular flexibility index (Phi) is 11.0. The van der Waals surface area contributed by atoms with E-state index in [-0.39, 0.29) is 65.9 Å². The lowest BCUT2D eigenvalue weighted by Gasteiger charge is -2.15. The lowest BCUT2D eigenvalue weighted by molar-refractivity contribution is -0.385. The molecule has 0 saturated carbocycles. The Morgan fingerprint density at radius 2 is 1.18 bits per heavy atom. The van der Waals surface area contributed by atoms with E-state index in [0.29, 0.717) is 0 Å². The smallest absolute Gasteiger partial charge is 0.333 e. The second-order valence-corrected chi connectivity index (χ2v) is 7.07. The maximum absolute atomic E-state index is 11.7. The van der Waals surface area contributed by atoms with Gasteiger partial charge in [-0.2, -0.15) is 0 Å². The van der Waals surface area contributed by atoms with Crippen LogP contribution in [0.2, 0.25) is 0 Å². The van der Waals surface area contributed by atoms with E-state index in [1.54, 1.807) is 0 Å². The molecule has 0 aromatic heterocycles. The zero-order valence-electron chi connectivity index (χ0n) is 19.3. The second kappa shape index (κ2) is 13.4. The molecule has 1 aromatic carbocycles. The van der Waals surface area contributed by atoms with Crippen LogP contribution in [0, 0.1) is 10.1 Å². The quantitative estimate of drug-likeness (QED) is 0.0979. The molecular formula is C23H27NO10. The summed E-state index contributed by atoms with van der Waals surface area (Å²) in [6, 6.07) is 2.37. The Hall–Kier alpha value is -4.15. The van der Waals surface area contributed by atoms with Gasteiger partial charge in [-0.3, -0.25) is 10.1 Å². The maximum Gasteiger partial charge on any atom is 0.333 e. The highest BCUT2D eigenvalue weighted by molar-refractivity contribution is 5.87. The van der Waals surface area contributed by atoms with Crippen molar-refractivity contribution < 1.29 is 43.0 Å². The Morgan fingerprint density at radius 3 is 1.59 bits per heavy atom. The van der Waals surface area contributed by atoms with Gasteiger partial charge in [0.2, 0.25) is 0 Å². The van der Waals surface area contributed by atoms with Crippen LogP contribution in [-0.4, -0.2) is 49.3 Å². The number of nitrogens with zero attached hydrogens (tertiary/aromatic N) is 1. The molecule has 1 aromatic rings. The number of carbonyl (C=O) groups is 3. The van der Waals surface area contributed by atoms with E-state index < -0.39 is 29.4 Å². The van der Waals surface area contributed by atoms with Crippen LogP contribution in [0.3, 0.4) is 0 Å². The molecule has 0 aliphatic rings. The molecule has 0 radical (unpaired) electrons. The topological polar surface area (TPSA) is 140 Å². The summed E-state index contributed by atoms with van der Waals surface area (Å²) in [7, 11) is 0. The number of ether oxygens (including phenoxy) is 5. The van der Waals surface area contributed by atoms with Gasteiger partial charge in [-0.15, -0.1) is 0 Å². The van der Waals surface area contributed by atoms with Crippen molar-refractivity contribution in [1.29, 1.82) is 0 Å². The van der Waals surface area contributed by atoms with E-state index in [1.807, 2.05) is 0 Å². The predicted molar refractivity (Wildman–Crippen MR) is 120 cm³/mol. The fourth-order valence-electron chi connectivity index (χ4n) is 2.19. The Labute approximate surface area is 196 Å². The molecule has 0 fully saturated rings. The highest BCUT2D eigenvalue weighted by atomic mass is 16.6. The molecule has 0 saturated heterocycles. The predicted octanol–water partition coefficient (Wildman–Crippen LogP) is 3.21. The first-order chi connectivity index (χ1) is 15.9. The Morgan fingerprint density at radius 1 is 0.765 bits per heavy atom. The van der Waals surface area contributed by atoms with E-state index in [2.05, 4.69) is 19.7 Å². The number of esters is 3. The summed E-state index contributed by atoms with van der Waals surface area (Å²) in [5.74, 6) is -1.90. The summed E-state index contributed by atoms with van der Waals surface area (Å²) < 4.78 is 26.0. The van der Waals surface area contributed by atoms with Crippen molar-refractivity contribution in [3.63, 3.8) is 0 Å². The average Bonchev–Trinajstić information content (AvgIpc) is 2.77. The number of hydrogen-bond donors (Lipinski definition) is 0. The monoisotopic (exact) mass is 477 g/mol. The molecule has 11 nitrogen and oxygen atoms in total. The van der Waals surface area contributed by atoms with Crippen molar-refractivity contribution in [2.45, 2.75) is 27.4 Å². The summed E-state index contributed by atoms with van der Waals surface area (Å²) in [5, 5.41) is 11.6. The first-order valence-corrected chi connectivity index (χ1v) is 9.98. The number of benzene rings is 1. The molecule has 0 aliphatic carbocycles. The van der Waals surface area contributed by atoms with Crippen LogP contribution in [0.5, 0.6) is 11.5 Å². The number of carbonyl (C=O) groups excluding carboxylic acids is 3. The Bertz CT molecular complexity index is 996. The third-order valence-corrected chi connectivity index (χ3v) is 3.89. The van der Waals surface area contributed by atoms with Gasteiger partial charge >= 0.3 is 17.9 Å². The van der Waals surface area contributed by atoms with Crippen molar-refractivity contribution in [2.24, 2.45) is 0 Å². The van der Waals surface area contributed by atoms with Crippen LogP contribution in [0.25, 0.3) is 0 Å². The molecule has 0 aliphatic heterocycles. The molecular weight excluding hydrogens is 450 g/mol. The van der Waals surface area contributed by atoms with Crippen LogP contribution in [-0.2, 0) is 35.2 Å². The summed E-state index contributed by atoms with van der Waals surface area (Å²) in [6.45, 7) is 13.9. The molecule has 11 heteroatoms. The summed E-state index contributed by atoms with van der Waals surface area (Å²) in [6.07, 6.45) is 0. The minimum atomic E-state index is -0.719. The molecule has 0 atom stereocenters. The van der Waals surface area contributed by atoms with Gasteiger partial charge in [-0.05, 0) is 26.8 Å². The summed E-state index contributed by atoms with van der Waals surface area (Å²) >= 11 is 0. The number of nitro groups is 1. The van der Waals surface area contributed by atoms with E-state index in [0.717, 1.165) is 6.07 Å². The zero-order valence-corrected chi connectivity index (χ0v) is 19.3. The van der Waals surface area contributed by atoms with Gasteiger partial charge in [0, 0.05) is 16.7 Å². The maximum atomic E-state index is 11.7. The van der Waals surface area contributed by atoms with E-state index >= 15 is 0 Å². The highest BCUT2D eigenvalue weighted by Gasteiger charge is 2.22. The van der Waals surface area contributed by atoms with Gasteiger partial charge in [0.1, 0.15) is 33.0 Å². The van der Waals surface area contributed by atoms with Crippen molar-refractivity contribution >= 4 is 23.6 Å². The highest BCUT2D eigenvalue weighted by Crippen LogP contribution is 2.35. The van der Waals surface area contributed by atoms with E-state index in [4.69, 9.17) is 23.7 Å². The Balaban J connectivity index is 3.07. The van der Waals surface area contributed by atoms with E-state index in [9.17, 15) is 24.5 Å². The zero-order chi connectivity index (χ0) is 25.8. The first kappa shape index (κ1) is 27.9. The van der Waals surface area contributed by atoms with Gasteiger partial charge in [-0.1, -0.05) is 19.7 Å². The standard InChI is InChI=1S/C23H27NO10/c1-14(2)21(25)32-9-7-30-19-11-17(13-34-23(27)16(5)6)18(24(28)29)12-20(19)31-8-10-33-22(26)15(3)4/h11-12H,1,3,5,7-10,13H2,2,4,6H3. The van der Waals surface area contributed by atoms with Crippen LogP contribution >= 0.6 is 0 Å². The van der Waals surface area contributed by atoms with Gasteiger partial charge in [0.15, 0.2) is 11.5 Å². The summed E-state index contributed by atoms with van der Waals surface area (Å²) in [4.78, 5) is 45.6. The fraction of sp³-hybridized carbons (Fsp3) is 0.348. The minimum absolute atomic E-state index is 0.0284. The first-order valence-electron chi connectivity index (χ1n) is 9.98. The molecule has 0 bridgehead atoms. The van der Waals surface area contributed by atoms with Gasteiger partial charge < -0.3 is 23.7 Å². The fourth-order valence-corrected chi connectivity index (χ4v) is 2.19. The molecule has 1 rings (SSSR count). The van der Waals surface area contributed by atoms with Crippen LogP contribution in [0.15, 0.2) is 48.6 Å². The molecule has 0 N–H and O–H groups in total. The second-order valence-electron chi connectivity index (χ2n) is 7.07. The lowest BCUT2D eigenvalue weighted by Crippen LogP contribution is -2.15. The van der Waals surface area contributed by atoms with Crippen LogP contribution in [0.4, 0.5) is 5.69 Å². The molecule has 0 amide bonds. The molecule has 34 heavy (non-hydrogen) atoms. The van der Waals surface area contributed by atoms with Gasteiger partial charge in [0.25, 0.3) is 5.69 Å².